The number of hydrogen-bond donors (Lipinski definition) is 2. The summed E-state index contributed by atoms with van der Waals surface area (Å²) in [5.41, 5.74) is 10.4. The number of hydrogen-bond acceptors (Lipinski definition) is 4. The van der Waals surface area contributed by atoms with Crippen molar-refractivity contribution in [3.05, 3.63) is 48.0 Å². The number of nitrogens with two attached hydrogens (primary N) is 1. The van der Waals surface area contributed by atoms with E-state index in [1.54, 1.807) is 7.11 Å². The summed E-state index contributed by atoms with van der Waals surface area (Å²) in [5, 5.41) is 3.42. The first-order valence-corrected chi connectivity index (χ1v) is 8.12. The molecule has 0 aliphatic carbocycles. The molecule has 0 heterocycles. The zero-order valence-electron chi connectivity index (χ0n) is 14.3. The lowest BCUT2D eigenvalue weighted by molar-refractivity contribution is 0.414. The molecule has 2 aromatic rings. The molecular weight excluding hydrogens is 286 g/mol. The normalized spacial score (nSPS) is 10.4. The first-order chi connectivity index (χ1) is 11.2. The van der Waals surface area contributed by atoms with Crippen LogP contribution < -0.4 is 20.7 Å². The Labute approximate surface area is 139 Å². The lowest BCUT2D eigenvalue weighted by Crippen LogP contribution is -2.18. The van der Waals surface area contributed by atoms with E-state index in [1.807, 2.05) is 24.3 Å². The molecule has 4 heteroatoms. The molecule has 0 unspecified atom stereocenters. The van der Waals surface area contributed by atoms with Crippen molar-refractivity contribution in [3.63, 3.8) is 0 Å². The smallest absolute Gasteiger partial charge is 0.118 e. The molecule has 0 saturated heterocycles. The van der Waals surface area contributed by atoms with Crippen LogP contribution in [0.5, 0.6) is 5.75 Å². The number of methoxy groups -OCH3 is 1. The van der Waals surface area contributed by atoms with Gasteiger partial charge in [-0.2, -0.15) is 0 Å². The Balaban J connectivity index is 2.08. The largest absolute Gasteiger partial charge is 0.497 e. The minimum atomic E-state index is 0.798. The highest BCUT2D eigenvalue weighted by Crippen LogP contribution is 2.30. The molecule has 0 atom stereocenters. The van der Waals surface area contributed by atoms with Crippen molar-refractivity contribution in [3.8, 4) is 5.75 Å². The average molecular weight is 313 g/mol. The lowest BCUT2D eigenvalue weighted by Gasteiger charge is -2.23. The molecule has 2 aromatic carbocycles. The number of para-hydroxylation sites is 1. The summed E-state index contributed by atoms with van der Waals surface area (Å²) in [6, 6.07) is 14.3. The minimum Gasteiger partial charge on any atom is -0.497 e. The van der Waals surface area contributed by atoms with Crippen LogP contribution in [-0.2, 0) is 6.54 Å². The quantitative estimate of drug-likeness (QED) is 0.568. The lowest BCUT2D eigenvalue weighted by atomic mass is 10.1. The third kappa shape index (κ3) is 4.55. The zero-order chi connectivity index (χ0) is 16.7. The van der Waals surface area contributed by atoms with Crippen molar-refractivity contribution in [2.45, 2.75) is 26.3 Å². The van der Waals surface area contributed by atoms with E-state index in [2.05, 4.69) is 42.4 Å². The molecule has 2 rings (SSSR count). The summed E-state index contributed by atoms with van der Waals surface area (Å²) in [5.74, 6) is 0.873. The molecule has 0 amide bonds. The van der Waals surface area contributed by atoms with Gasteiger partial charge in [0.15, 0.2) is 0 Å². The fourth-order valence-electron chi connectivity index (χ4n) is 2.53. The highest BCUT2D eigenvalue weighted by molar-refractivity contribution is 5.80. The molecule has 0 fully saturated rings. The van der Waals surface area contributed by atoms with Crippen molar-refractivity contribution in [1.82, 2.24) is 0 Å². The summed E-state index contributed by atoms with van der Waals surface area (Å²) in [7, 11) is 3.74. The van der Waals surface area contributed by atoms with Crippen LogP contribution in [0.2, 0.25) is 0 Å². The SMILES string of the molecule is CCCCNc1cccc(N(C)Cc2ccc(OC)cc2)c1N. The number of nitrogens with zero attached hydrogens (tertiary/aromatic N) is 1. The van der Waals surface area contributed by atoms with E-state index in [4.69, 9.17) is 10.5 Å². The van der Waals surface area contributed by atoms with Gasteiger partial charge in [0, 0.05) is 20.1 Å². The number of rotatable bonds is 8. The van der Waals surface area contributed by atoms with Crippen molar-refractivity contribution < 1.29 is 4.74 Å². The first-order valence-electron chi connectivity index (χ1n) is 8.12. The highest BCUT2D eigenvalue weighted by Gasteiger charge is 2.09. The van der Waals surface area contributed by atoms with E-state index in [1.165, 1.54) is 12.0 Å². The average Bonchev–Trinajstić information content (AvgIpc) is 2.57. The van der Waals surface area contributed by atoms with E-state index < -0.39 is 0 Å². The fraction of sp³-hybridized carbons (Fsp3) is 0.368. The van der Waals surface area contributed by atoms with Gasteiger partial charge in [-0.25, -0.2) is 0 Å². The Bertz CT molecular complexity index is 611. The van der Waals surface area contributed by atoms with E-state index >= 15 is 0 Å². The van der Waals surface area contributed by atoms with Gasteiger partial charge in [0.2, 0.25) is 0 Å². The summed E-state index contributed by atoms with van der Waals surface area (Å²) >= 11 is 0. The monoisotopic (exact) mass is 313 g/mol. The maximum absolute atomic E-state index is 6.34. The Hall–Kier alpha value is -2.36. The number of anilines is 3. The van der Waals surface area contributed by atoms with Crippen LogP contribution in [0.25, 0.3) is 0 Å². The van der Waals surface area contributed by atoms with Crippen molar-refractivity contribution >= 4 is 17.1 Å². The molecule has 0 spiro atoms. The number of nitrogen functional groups attached to an aromatic ring is 1. The van der Waals surface area contributed by atoms with Crippen molar-refractivity contribution in [2.24, 2.45) is 0 Å². The topological polar surface area (TPSA) is 50.5 Å². The maximum Gasteiger partial charge on any atom is 0.118 e. The molecule has 0 aliphatic heterocycles. The molecule has 0 aromatic heterocycles. The molecule has 3 N–H and O–H groups in total. The van der Waals surface area contributed by atoms with Gasteiger partial charge in [-0.3, -0.25) is 0 Å². The first kappa shape index (κ1) is 17.0. The third-order valence-electron chi connectivity index (χ3n) is 3.92. The van der Waals surface area contributed by atoms with Gasteiger partial charge >= 0.3 is 0 Å². The number of ether oxygens (including phenoxy) is 1. The maximum atomic E-state index is 6.34. The molecule has 0 saturated carbocycles. The van der Waals surface area contributed by atoms with Crippen LogP contribution in [0.3, 0.4) is 0 Å². The molecule has 0 aliphatic rings. The second kappa shape index (κ2) is 8.32. The van der Waals surface area contributed by atoms with Gasteiger partial charge in [-0.1, -0.05) is 31.5 Å². The molecule has 0 bridgehead atoms. The second-order valence-corrected chi connectivity index (χ2v) is 5.72. The summed E-state index contributed by atoms with van der Waals surface area (Å²) in [4.78, 5) is 2.17. The van der Waals surface area contributed by atoms with Gasteiger partial charge in [0.1, 0.15) is 5.75 Å². The van der Waals surface area contributed by atoms with Crippen LogP contribution in [0, 0.1) is 0 Å². The highest BCUT2D eigenvalue weighted by atomic mass is 16.5. The third-order valence-corrected chi connectivity index (χ3v) is 3.92. The Morgan fingerprint density at radius 3 is 2.52 bits per heavy atom. The number of benzene rings is 2. The number of unbranched alkanes of at least 4 members (excludes halogenated alkanes) is 1. The van der Waals surface area contributed by atoms with Gasteiger partial charge in [-0.15, -0.1) is 0 Å². The van der Waals surface area contributed by atoms with E-state index in [0.29, 0.717) is 0 Å². The minimum absolute atomic E-state index is 0.798. The van der Waals surface area contributed by atoms with Crippen molar-refractivity contribution in [1.29, 1.82) is 0 Å². The van der Waals surface area contributed by atoms with Gasteiger partial charge in [0.25, 0.3) is 0 Å². The molecular formula is C19H27N3O. The molecule has 23 heavy (non-hydrogen) atoms. The van der Waals surface area contributed by atoms with Gasteiger partial charge < -0.3 is 20.7 Å². The Morgan fingerprint density at radius 1 is 1.13 bits per heavy atom. The summed E-state index contributed by atoms with van der Waals surface area (Å²) in [6.45, 7) is 3.93. The number of nitrogens with one attached hydrogen (secondary N) is 1. The Kier molecular flexibility index (Phi) is 6.15. The molecule has 0 radical (unpaired) electrons. The predicted octanol–water partition coefficient (Wildman–Crippen LogP) is 4.13. The van der Waals surface area contributed by atoms with Crippen molar-refractivity contribution in [2.75, 3.05) is 36.7 Å². The van der Waals surface area contributed by atoms with Gasteiger partial charge in [-0.05, 0) is 36.2 Å². The van der Waals surface area contributed by atoms with Gasteiger partial charge in [0.05, 0.1) is 24.2 Å². The standard InChI is InChI=1S/C19H27N3O/c1-4-5-13-21-17-7-6-8-18(19(17)20)22(2)14-15-9-11-16(23-3)12-10-15/h6-12,21H,4-5,13-14,20H2,1-3H3. The van der Waals surface area contributed by atoms with Crippen LogP contribution in [0.1, 0.15) is 25.3 Å². The predicted molar refractivity (Wildman–Crippen MR) is 99.4 cm³/mol. The fourth-order valence-corrected chi connectivity index (χ4v) is 2.53. The second-order valence-electron chi connectivity index (χ2n) is 5.72. The molecule has 4 nitrogen and oxygen atoms in total. The molecule has 124 valence electrons. The van der Waals surface area contributed by atoms with Crippen LogP contribution in [-0.4, -0.2) is 20.7 Å². The zero-order valence-corrected chi connectivity index (χ0v) is 14.3. The van der Waals surface area contributed by atoms with E-state index in [9.17, 15) is 0 Å². The van der Waals surface area contributed by atoms with Crippen LogP contribution in [0.4, 0.5) is 17.1 Å². The Morgan fingerprint density at radius 2 is 1.87 bits per heavy atom. The van der Waals surface area contributed by atoms with E-state index in [-0.39, 0.29) is 0 Å². The summed E-state index contributed by atoms with van der Waals surface area (Å²) in [6.07, 6.45) is 2.31. The van der Waals surface area contributed by atoms with Crippen LogP contribution in [0.15, 0.2) is 42.5 Å². The summed E-state index contributed by atoms with van der Waals surface area (Å²) < 4.78 is 5.20. The van der Waals surface area contributed by atoms with E-state index in [0.717, 1.165) is 42.3 Å². The van der Waals surface area contributed by atoms with Crippen LogP contribution >= 0.6 is 0 Å².